The van der Waals surface area contributed by atoms with E-state index in [4.69, 9.17) is 10.6 Å². The van der Waals surface area contributed by atoms with Gasteiger partial charge in [-0.25, -0.2) is 4.99 Å². The van der Waals surface area contributed by atoms with Crippen molar-refractivity contribution in [2.45, 2.75) is 52.1 Å². The van der Waals surface area contributed by atoms with Gasteiger partial charge < -0.3 is 10.6 Å². The highest BCUT2D eigenvalue weighted by Gasteiger charge is 2.28. The summed E-state index contributed by atoms with van der Waals surface area (Å²) in [6.07, 6.45) is 6.67. The van der Waals surface area contributed by atoms with Crippen LogP contribution in [0.2, 0.25) is 0 Å². The molecule has 1 fully saturated rings. The number of fused-ring (bicyclic) bond motifs is 1. The van der Waals surface area contributed by atoms with Crippen LogP contribution in [0.25, 0.3) is 0 Å². The standard InChI is InChI=1S/C21H27N7O/c1-14-6-7-17(11-23-14)24-20(15(2)25-22)13-29-21-10-16-8-9-28(18-4-3-5-18)12-19(16)26-27-21/h6-7,10-11,18H,3-5,8-9,12-13,22H2,1-2H3/b24-20?,25-15-. The van der Waals surface area contributed by atoms with E-state index < -0.39 is 0 Å². The van der Waals surface area contributed by atoms with Crippen LogP contribution in [-0.4, -0.2) is 50.7 Å². The number of hydrogen-bond donors (Lipinski definition) is 1. The molecule has 0 radical (unpaired) electrons. The van der Waals surface area contributed by atoms with Gasteiger partial charge in [0.1, 0.15) is 12.3 Å². The Balaban J connectivity index is 1.44. The Kier molecular flexibility index (Phi) is 5.80. The van der Waals surface area contributed by atoms with E-state index in [-0.39, 0.29) is 6.61 Å². The molecule has 1 aliphatic carbocycles. The average Bonchev–Trinajstić information content (AvgIpc) is 2.70. The predicted molar refractivity (Wildman–Crippen MR) is 113 cm³/mol. The number of pyridine rings is 1. The topological polar surface area (TPSA) is 102 Å². The highest BCUT2D eigenvalue weighted by atomic mass is 16.5. The molecule has 0 bridgehead atoms. The molecule has 2 aliphatic rings. The molecule has 1 saturated carbocycles. The molecule has 2 aromatic heterocycles. The lowest BCUT2D eigenvalue weighted by atomic mass is 9.89. The van der Waals surface area contributed by atoms with Gasteiger partial charge in [-0.1, -0.05) is 6.42 Å². The van der Waals surface area contributed by atoms with E-state index in [1.54, 1.807) is 13.1 Å². The number of hydrazone groups is 1. The van der Waals surface area contributed by atoms with Crippen molar-refractivity contribution in [3.8, 4) is 5.88 Å². The number of nitrogens with zero attached hydrogens (tertiary/aromatic N) is 6. The Labute approximate surface area is 170 Å². The van der Waals surface area contributed by atoms with Crippen LogP contribution in [0.5, 0.6) is 5.88 Å². The highest BCUT2D eigenvalue weighted by molar-refractivity contribution is 6.42. The van der Waals surface area contributed by atoms with Gasteiger partial charge in [0.25, 0.3) is 0 Å². The maximum atomic E-state index is 5.88. The molecule has 4 rings (SSSR count). The van der Waals surface area contributed by atoms with E-state index >= 15 is 0 Å². The van der Waals surface area contributed by atoms with Crippen LogP contribution >= 0.6 is 0 Å². The molecule has 0 atom stereocenters. The minimum absolute atomic E-state index is 0.210. The predicted octanol–water partition coefficient (Wildman–Crippen LogP) is 2.58. The molecular formula is C21H27N7O. The SMILES string of the molecule is C/C(=N/N)C(COc1cc2c(nn1)CN(C1CCC1)CC2)=Nc1ccc(C)nc1. The zero-order valence-corrected chi connectivity index (χ0v) is 17.0. The van der Waals surface area contributed by atoms with Gasteiger partial charge in [0.15, 0.2) is 0 Å². The quantitative estimate of drug-likeness (QED) is 0.460. The molecular weight excluding hydrogens is 366 g/mol. The third kappa shape index (κ3) is 4.59. The van der Waals surface area contributed by atoms with Gasteiger partial charge in [0.2, 0.25) is 5.88 Å². The fraction of sp³-hybridized carbons (Fsp3) is 0.476. The van der Waals surface area contributed by atoms with Gasteiger partial charge in [-0.15, -0.1) is 5.10 Å². The molecule has 29 heavy (non-hydrogen) atoms. The second kappa shape index (κ2) is 8.65. The summed E-state index contributed by atoms with van der Waals surface area (Å²) in [6.45, 7) is 5.91. The zero-order chi connectivity index (χ0) is 20.2. The van der Waals surface area contributed by atoms with E-state index in [1.807, 2.05) is 25.1 Å². The summed E-state index contributed by atoms with van der Waals surface area (Å²) in [7, 11) is 0. The fourth-order valence-electron chi connectivity index (χ4n) is 3.57. The molecule has 0 aromatic carbocycles. The van der Waals surface area contributed by atoms with Crippen molar-refractivity contribution in [3.63, 3.8) is 0 Å². The Hall–Kier alpha value is -2.87. The van der Waals surface area contributed by atoms with Crippen LogP contribution in [0.4, 0.5) is 5.69 Å². The van der Waals surface area contributed by atoms with Crippen LogP contribution in [0, 0.1) is 6.92 Å². The third-order valence-corrected chi connectivity index (χ3v) is 5.68. The van der Waals surface area contributed by atoms with Gasteiger partial charge in [-0.3, -0.25) is 9.88 Å². The average molecular weight is 393 g/mol. The maximum absolute atomic E-state index is 5.88. The largest absolute Gasteiger partial charge is 0.470 e. The van der Waals surface area contributed by atoms with Crippen LogP contribution in [-0.2, 0) is 13.0 Å². The second-order valence-corrected chi connectivity index (χ2v) is 7.68. The van der Waals surface area contributed by atoms with Gasteiger partial charge >= 0.3 is 0 Å². The molecule has 152 valence electrons. The number of hydrogen-bond acceptors (Lipinski definition) is 8. The van der Waals surface area contributed by atoms with Crippen molar-refractivity contribution in [2.24, 2.45) is 15.9 Å². The smallest absolute Gasteiger partial charge is 0.234 e. The van der Waals surface area contributed by atoms with Gasteiger partial charge in [-0.2, -0.15) is 10.2 Å². The number of ether oxygens (including phenoxy) is 1. The highest BCUT2D eigenvalue weighted by Crippen LogP contribution is 2.29. The minimum atomic E-state index is 0.210. The van der Waals surface area contributed by atoms with E-state index in [0.717, 1.165) is 42.6 Å². The van der Waals surface area contributed by atoms with Crippen molar-refractivity contribution < 1.29 is 4.74 Å². The number of rotatable bonds is 6. The number of aryl methyl sites for hydroxylation is 1. The Morgan fingerprint density at radius 1 is 1.31 bits per heavy atom. The molecule has 0 spiro atoms. The third-order valence-electron chi connectivity index (χ3n) is 5.68. The van der Waals surface area contributed by atoms with Gasteiger partial charge in [0.05, 0.1) is 23.3 Å². The Morgan fingerprint density at radius 2 is 2.17 bits per heavy atom. The Morgan fingerprint density at radius 3 is 2.86 bits per heavy atom. The molecule has 2 N–H and O–H groups in total. The first-order valence-corrected chi connectivity index (χ1v) is 10.1. The summed E-state index contributed by atoms with van der Waals surface area (Å²) < 4.78 is 5.88. The molecule has 1 aliphatic heterocycles. The van der Waals surface area contributed by atoms with Gasteiger partial charge in [0, 0.05) is 30.9 Å². The molecule has 0 amide bonds. The molecule has 0 unspecified atom stereocenters. The molecule has 2 aromatic rings. The van der Waals surface area contributed by atoms with E-state index in [2.05, 4.69) is 30.2 Å². The first-order chi connectivity index (χ1) is 14.1. The summed E-state index contributed by atoms with van der Waals surface area (Å²) in [5.41, 5.74) is 5.18. The summed E-state index contributed by atoms with van der Waals surface area (Å²) in [4.78, 5) is 11.4. The molecule has 0 saturated heterocycles. The molecule has 3 heterocycles. The van der Waals surface area contributed by atoms with Gasteiger partial charge in [-0.05, 0) is 50.8 Å². The molecule has 8 heteroatoms. The number of aromatic nitrogens is 3. The number of aliphatic imine (C=N–C) groups is 1. The van der Waals surface area contributed by atoms with Crippen LogP contribution in [0.15, 0.2) is 34.5 Å². The normalized spacial score (nSPS) is 18.3. The lowest BCUT2D eigenvalue weighted by Crippen LogP contribution is -2.43. The summed E-state index contributed by atoms with van der Waals surface area (Å²) in [5, 5.41) is 12.5. The van der Waals surface area contributed by atoms with E-state index in [9.17, 15) is 0 Å². The van der Waals surface area contributed by atoms with Crippen molar-refractivity contribution in [1.29, 1.82) is 0 Å². The fourth-order valence-corrected chi connectivity index (χ4v) is 3.57. The summed E-state index contributed by atoms with van der Waals surface area (Å²) in [6, 6.07) is 6.54. The Bertz CT molecular complexity index is 919. The zero-order valence-electron chi connectivity index (χ0n) is 17.0. The minimum Gasteiger partial charge on any atom is -0.470 e. The van der Waals surface area contributed by atoms with Crippen molar-refractivity contribution in [3.05, 3.63) is 41.3 Å². The maximum Gasteiger partial charge on any atom is 0.234 e. The second-order valence-electron chi connectivity index (χ2n) is 7.68. The van der Waals surface area contributed by atoms with Crippen molar-refractivity contribution >= 4 is 17.1 Å². The lowest BCUT2D eigenvalue weighted by molar-refractivity contribution is 0.111. The summed E-state index contributed by atoms with van der Waals surface area (Å²) in [5.74, 6) is 5.97. The first-order valence-electron chi connectivity index (χ1n) is 10.1. The van der Waals surface area contributed by atoms with Crippen molar-refractivity contribution in [1.82, 2.24) is 20.1 Å². The summed E-state index contributed by atoms with van der Waals surface area (Å²) >= 11 is 0. The lowest BCUT2D eigenvalue weighted by Gasteiger charge is -2.39. The van der Waals surface area contributed by atoms with E-state index in [0.29, 0.717) is 17.3 Å². The molecule has 8 nitrogen and oxygen atoms in total. The van der Waals surface area contributed by atoms with E-state index in [1.165, 1.54) is 24.8 Å². The first kappa shape index (κ1) is 19.4. The van der Waals surface area contributed by atoms with Crippen LogP contribution in [0.3, 0.4) is 0 Å². The van der Waals surface area contributed by atoms with Crippen LogP contribution < -0.4 is 10.6 Å². The number of nitrogens with two attached hydrogens (primary N) is 1. The van der Waals surface area contributed by atoms with Crippen molar-refractivity contribution in [2.75, 3.05) is 13.2 Å². The monoisotopic (exact) mass is 393 g/mol. The van der Waals surface area contributed by atoms with Crippen LogP contribution in [0.1, 0.15) is 43.1 Å².